The summed E-state index contributed by atoms with van der Waals surface area (Å²) in [6, 6.07) is 9.93. The molecular weight excluding hydrogens is 374 g/mol. The van der Waals surface area contributed by atoms with Gasteiger partial charge in [-0.3, -0.25) is 18.6 Å². The topological polar surface area (TPSA) is 92.5 Å². The van der Waals surface area contributed by atoms with E-state index in [0.717, 1.165) is 21.5 Å². The number of ether oxygens (including phenoxy) is 1. The zero-order chi connectivity index (χ0) is 20.9. The van der Waals surface area contributed by atoms with Crippen LogP contribution in [0.15, 0.2) is 39.9 Å². The molecule has 0 atom stereocenters. The molecule has 0 bridgehead atoms. The molecule has 0 amide bonds. The molecule has 29 heavy (non-hydrogen) atoms. The lowest BCUT2D eigenvalue weighted by molar-refractivity contribution is -0.141. The molecule has 150 valence electrons. The van der Waals surface area contributed by atoms with Gasteiger partial charge in [0, 0.05) is 18.4 Å². The highest BCUT2D eigenvalue weighted by molar-refractivity contribution is 5.77. The molecule has 9 heteroatoms. The van der Waals surface area contributed by atoms with Gasteiger partial charge in [0.1, 0.15) is 6.54 Å². The van der Waals surface area contributed by atoms with Gasteiger partial charge >= 0.3 is 11.7 Å². The van der Waals surface area contributed by atoms with Crippen LogP contribution in [0.4, 0.5) is 0 Å². The van der Waals surface area contributed by atoms with E-state index < -0.39 is 23.8 Å². The number of hydrogen-bond donors (Lipinski definition) is 0. The Morgan fingerprint density at radius 2 is 1.76 bits per heavy atom. The molecule has 9 nitrogen and oxygen atoms in total. The first kappa shape index (κ1) is 18.7. The third kappa shape index (κ3) is 2.77. The van der Waals surface area contributed by atoms with Crippen molar-refractivity contribution in [3.05, 3.63) is 68.1 Å². The minimum atomic E-state index is -0.668. The predicted molar refractivity (Wildman–Crippen MR) is 107 cm³/mol. The zero-order valence-electron chi connectivity index (χ0n) is 16.7. The van der Waals surface area contributed by atoms with Crippen LogP contribution >= 0.6 is 0 Å². The monoisotopic (exact) mass is 395 g/mol. The lowest BCUT2D eigenvalue weighted by Gasteiger charge is -2.08. The molecule has 0 N–H and O–H groups in total. The Labute approximate surface area is 165 Å². The highest BCUT2D eigenvalue weighted by Gasteiger charge is 2.23. The fourth-order valence-electron chi connectivity index (χ4n) is 3.60. The van der Waals surface area contributed by atoms with Crippen LogP contribution in [0.5, 0.6) is 0 Å². The largest absolute Gasteiger partial charge is 0.468 e. The van der Waals surface area contributed by atoms with E-state index in [1.165, 1.54) is 18.7 Å². The molecule has 0 aliphatic rings. The van der Waals surface area contributed by atoms with Crippen LogP contribution in [-0.2, 0) is 29.7 Å². The van der Waals surface area contributed by atoms with Gasteiger partial charge in [-0.2, -0.15) is 4.98 Å². The van der Waals surface area contributed by atoms with E-state index in [9.17, 15) is 14.4 Å². The van der Waals surface area contributed by atoms with Gasteiger partial charge in [0.25, 0.3) is 5.56 Å². The summed E-state index contributed by atoms with van der Waals surface area (Å²) in [5.74, 6) is -0.0966. The molecule has 0 fully saturated rings. The molecular formula is C20H21N5O4. The maximum Gasteiger partial charge on any atom is 0.333 e. The molecule has 1 aromatic carbocycles. The first-order chi connectivity index (χ1) is 13.8. The van der Waals surface area contributed by atoms with Crippen LogP contribution in [0.2, 0.25) is 0 Å². The number of imidazole rings is 2. The van der Waals surface area contributed by atoms with Crippen LogP contribution in [0, 0.1) is 13.8 Å². The van der Waals surface area contributed by atoms with Crippen molar-refractivity contribution >= 4 is 22.9 Å². The summed E-state index contributed by atoms with van der Waals surface area (Å²) in [7, 11) is 2.75. The molecule has 4 rings (SSSR count). The number of fused-ring (bicyclic) bond motifs is 3. The van der Waals surface area contributed by atoms with Crippen LogP contribution < -0.4 is 11.2 Å². The van der Waals surface area contributed by atoms with Crippen molar-refractivity contribution in [2.24, 2.45) is 7.05 Å². The van der Waals surface area contributed by atoms with Gasteiger partial charge in [0.2, 0.25) is 5.78 Å². The van der Waals surface area contributed by atoms with E-state index in [1.54, 1.807) is 4.40 Å². The van der Waals surface area contributed by atoms with Crippen molar-refractivity contribution in [3.8, 4) is 0 Å². The molecule has 0 spiro atoms. The number of methoxy groups -OCH3 is 1. The lowest BCUT2D eigenvalue weighted by atomic mass is 10.2. The van der Waals surface area contributed by atoms with Gasteiger partial charge in [0.15, 0.2) is 11.2 Å². The molecule has 0 aliphatic carbocycles. The standard InChI is InChI=1S/C20H21N5O4/c1-12-13(2)25-16-17(21-19(25)23(12)10-14-8-6-5-7-9-14)22(3)20(28)24(18(16)27)11-15(26)29-4/h5-9H,10-11H2,1-4H3. The lowest BCUT2D eigenvalue weighted by Crippen LogP contribution is -2.41. The fourth-order valence-corrected chi connectivity index (χ4v) is 3.60. The summed E-state index contributed by atoms with van der Waals surface area (Å²) >= 11 is 0. The summed E-state index contributed by atoms with van der Waals surface area (Å²) in [6.07, 6.45) is 0. The van der Waals surface area contributed by atoms with Gasteiger partial charge in [0.05, 0.1) is 13.7 Å². The van der Waals surface area contributed by atoms with Crippen molar-refractivity contribution in [3.63, 3.8) is 0 Å². The van der Waals surface area contributed by atoms with Gasteiger partial charge in [-0.15, -0.1) is 0 Å². The maximum atomic E-state index is 13.1. The van der Waals surface area contributed by atoms with E-state index >= 15 is 0 Å². The number of benzene rings is 1. The number of aromatic nitrogens is 5. The predicted octanol–water partition coefficient (Wildman–Crippen LogP) is 0.988. The van der Waals surface area contributed by atoms with Crippen LogP contribution in [-0.4, -0.2) is 36.2 Å². The second-order valence-electron chi connectivity index (χ2n) is 6.97. The van der Waals surface area contributed by atoms with Crippen molar-refractivity contribution in [1.82, 2.24) is 23.1 Å². The van der Waals surface area contributed by atoms with Gasteiger partial charge in [-0.25, -0.2) is 9.36 Å². The number of hydrogen-bond acceptors (Lipinski definition) is 5. The Hall–Kier alpha value is -3.62. The maximum absolute atomic E-state index is 13.1. The Morgan fingerprint density at radius 1 is 1.07 bits per heavy atom. The van der Waals surface area contributed by atoms with Gasteiger partial charge in [-0.05, 0) is 19.4 Å². The number of nitrogens with zero attached hydrogens (tertiary/aromatic N) is 5. The second kappa shape index (κ2) is 6.77. The summed E-state index contributed by atoms with van der Waals surface area (Å²) in [5.41, 5.74) is 2.26. The van der Waals surface area contributed by atoms with Crippen LogP contribution in [0.25, 0.3) is 16.9 Å². The molecule has 3 heterocycles. The van der Waals surface area contributed by atoms with Gasteiger partial charge in [-0.1, -0.05) is 30.3 Å². The Kier molecular flexibility index (Phi) is 4.37. The Balaban J connectivity index is 2.04. The zero-order valence-corrected chi connectivity index (χ0v) is 16.7. The molecule has 0 saturated carbocycles. The number of carbonyl (C=O) groups excluding carboxylic acids is 1. The number of carbonyl (C=O) groups is 1. The molecule has 4 aromatic rings. The van der Waals surface area contributed by atoms with E-state index in [0.29, 0.717) is 12.3 Å². The number of aryl methyl sites for hydroxylation is 2. The van der Waals surface area contributed by atoms with Crippen LogP contribution in [0.1, 0.15) is 17.0 Å². The highest BCUT2D eigenvalue weighted by atomic mass is 16.5. The quantitative estimate of drug-likeness (QED) is 0.481. The summed E-state index contributed by atoms with van der Waals surface area (Å²) < 4.78 is 10.6. The average molecular weight is 395 g/mol. The first-order valence-electron chi connectivity index (χ1n) is 9.13. The van der Waals surface area contributed by atoms with Crippen LogP contribution in [0.3, 0.4) is 0 Å². The van der Waals surface area contributed by atoms with E-state index in [2.05, 4.69) is 9.72 Å². The first-order valence-corrected chi connectivity index (χ1v) is 9.13. The number of esters is 1. The molecule has 0 aliphatic heterocycles. The highest BCUT2D eigenvalue weighted by Crippen LogP contribution is 2.21. The van der Waals surface area contributed by atoms with E-state index in [4.69, 9.17) is 0 Å². The summed E-state index contributed by atoms with van der Waals surface area (Å²) in [5, 5.41) is 0. The smallest absolute Gasteiger partial charge is 0.333 e. The van der Waals surface area contributed by atoms with E-state index in [1.807, 2.05) is 48.7 Å². The third-order valence-electron chi connectivity index (χ3n) is 5.33. The van der Waals surface area contributed by atoms with Gasteiger partial charge < -0.3 is 9.30 Å². The van der Waals surface area contributed by atoms with Crippen molar-refractivity contribution < 1.29 is 9.53 Å². The summed E-state index contributed by atoms with van der Waals surface area (Å²) in [6.45, 7) is 4.00. The average Bonchev–Trinajstić information content (AvgIpc) is 3.22. The molecule has 0 saturated heterocycles. The Morgan fingerprint density at radius 3 is 2.41 bits per heavy atom. The third-order valence-corrected chi connectivity index (χ3v) is 5.33. The second-order valence-corrected chi connectivity index (χ2v) is 6.97. The number of rotatable bonds is 4. The minimum Gasteiger partial charge on any atom is -0.468 e. The summed E-state index contributed by atoms with van der Waals surface area (Å²) in [4.78, 5) is 42.1. The Bertz CT molecular complexity index is 1370. The molecule has 0 radical (unpaired) electrons. The van der Waals surface area contributed by atoms with Crippen molar-refractivity contribution in [1.29, 1.82) is 0 Å². The minimum absolute atomic E-state index is 0.262. The van der Waals surface area contributed by atoms with Crippen molar-refractivity contribution in [2.45, 2.75) is 26.9 Å². The molecule has 0 unspecified atom stereocenters. The normalized spacial score (nSPS) is 11.4. The fraction of sp³-hybridized carbons (Fsp3) is 0.300. The van der Waals surface area contributed by atoms with E-state index in [-0.39, 0.29) is 11.2 Å². The van der Waals surface area contributed by atoms with Crippen molar-refractivity contribution in [2.75, 3.05) is 7.11 Å². The molecule has 3 aromatic heterocycles. The SMILES string of the molecule is COC(=O)Cn1c(=O)c2c(nc3n(Cc4ccccc4)c(C)c(C)n23)n(C)c1=O.